The Kier molecular flexibility index (Phi) is 6.62. The highest BCUT2D eigenvalue weighted by atomic mass is 35.5. The predicted molar refractivity (Wildman–Crippen MR) is 125 cm³/mol. The average Bonchev–Trinajstić information content (AvgIpc) is 2.76. The van der Waals surface area contributed by atoms with Crippen LogP contribution in [0.5, 0.6) is 5.75 Å². The van der Waals surface area contributed by atoms with E-state index in [4.69, 9.17) is 25.8 Å². The van der Waals surface area contributed by atoms with Crippen molar-refractivity contribution in [3.63, 3.8) is 0 Å². The second-order valence-electron chi connectivity index (χ2n) is 10.0. The van der Waals surface area contributed by atoms with Gasteiger partial charge in [-0.2, -0.15) is 0 Å². The molecule has 1 aromatic carbocycles. The molecule has 0 spiro atoms. The lowest BCUT2D eigenvalue weighted by Gasteiger charge is -2.42. The minimum Gasteiger partial charge on any atom is -0.489 e. The highest BCUT2D eigenvalue weighted by Crippen LogP contribution is 2.47. The monoisotopic (exact) mass is 443 g/mol. The highest BCUT2D eigenvalue weighted by molar-refractivity contribution is 6.29. The maximum atomic E-state index is 6.27. The normalized spacial score (nSPS) is 22.0. The summed E-state index contributed by atoms with van der Waals surface area (Å²) < 4.78 is 17.5. The predicted octanol–water partition coefficient (Wildman–Crippen LogP) is 6.67. The summed E-state index contributed by atoms with van der Waals surface area (Å²) in [6.07, 6.45) is 5.48. The third kappa shape index (κ3) is 5.08. The average molecular weight is 444 g/mol. The molecule has 1 atom stereocenters. The Bertz CT molecular complexity index is 919. The van der Waals surface area contributed by atoms with E-state index in [0.29, 0.717) is 18.4 Å². The topological polar surface area (TPSA) is 40.6 Å². The second kappa shape index (κ2) is 9.09. The molecule has 1 unspecified atom stereocenters. The molecule has 0 saturated carbocycles. The molecule has 1 saturated heterocycles. The Morgan fingerprint density at radius 3 is 2.52 bits per heavy atom. The van der Waals surface area contributed by atoms with Crippen molar-refractivity contribution in [2.45, 2.75) is 76.9 Å². The van der Waals surface area contributed by atoms with E-state index in [-0.39, 0.29) is 17.1 Å². The molecule has 31 heavy (non-hydrogen) atoms. The van der Waals surface area contributed by atoms with Crippen LogP contribution in [0.1, 0.15) is 70.9 Å². The number of halogens is 1. The van der Waals surface area contributed by atoms with Crippen LogP contribution in [0.2, 0.25) is 5.15 Å². The summed E-state index contributed by atoms with van der Waals surface area (Å²) in [5, 5.41) is 0.464. The van der Waals surface area contributed by atoms with Gasteiger partial charge in [-0.1, -0.05) is 51.4 Å². The Hall–Kier alpha value is -1.62. The first-order valence-corrected chi connectivity index (χ1v) is 11.8. The maximum Gasteiger partial charge on any atom is 0.157 e. The summed E-state index contributed by atoms with van der Waals surface area (Å²) in [6.45, 7) is 11.0. The lowest BCUT2D eigenvalue weighted by Crippen LogP contribution is -2.33. The SMILES string of the molecule is CC1(C)CCC(C)(C)c2cc(-c3nc(Cl)ccc3OCCOC3CCCCO3)ccc21. The second-order valence-corrected chi connectivity index (χ2v) is 10.4. The van der Waals surface area contributed by atoms with Crippen molar-refractivity contribution in [1.29, 1.82) is 0 Å². The molecule has 1 aromatic heterocycles. The van der Waals surface area contributed by atoms with Crippen LogP contribution in [-0.2, 0) is 20.3 Å². The number of pyridine rings is 1. The molecular weight excluding hydrogens is 410 g/mol. The number of fused-ring (bicyclic) bond motifs is 1. The van der Waals surface area contributed by atoms with Gasteiger partial charge in [0.25, 0.3) is 0 Å². The molecule has 1 fully saturated rings. The summed E-state index contributed by atoms with van der Waals surface area (Å²) in [6, 6.07) is 10.4. The van der Waals surface area contributed by atoms with Crippen molar-refractivity contribution in [2.24, 2.45) is 0 Å². The van der Waals surface area contributed by atoms with Crippen LogP contribution in [0.25, 0.3) is 11.3 Å². The minimum absolute atomic E-state index is 0.105. The summed E-state index contributed by atoms with van der Waals surface area (Å²) in [5.74, 6) is 0.727. The summed E-state index contributed by atoms with van der Waals surface area (Å²) in [4.78, 5) is 4.62. The van der Waals surface area contributed by atoms with Crippen molar-refractivity contribution < 1.29 is 14.2 Å². The third-order valence-corrected chi connectivity index (χ3v) is 6.94. The van der Waals surface area contributed by atoms with Crippen LogP contribution in [0.3, 0.4) is 0 Å². The molecule has 0 radical (unpaired) electrons. The van der Waals surface area contributed by atoms with Gasteiger partial charge in [-0.05, 0) is 72.3 Å². The zero-order valence-electron chi connectivity index (χ0n) is 19.2. The fraction of sp³-hybridized carbons (Fsp3) is 0.577. The molecule has 0 N–H and O–H groups in total. The number of rotatable bonds is 6. The van der Waals surface area contributed by atoms with Crippen molar-refractivity contribution >= 4 is 11.6 Å². The maximum absolute atomic E-state index is 6.27. The fourth-order valence-electron chi connectivity index (χ4n) is 4.66. The number of hydrogen-bond acceptors (Lipinski definition) is 4. The van der Waals surface area contributed by atoms with E-state index in [9.17, 15) is 0 Å². The zero-order valence-corrected chi connectivity index (χ0v) is 19.9. The van der Waals surface area contributed by atoms with Crippen LogP contribution in [0.15, 0.2) is 30.3 Å². The van der Waals surface area contributed by atoms with Gasteiger partial charge in [0.05, 0.1) is 6.61 Å². The van der Waals surface area contributed by atoms with Crippen LogP contribution in [0.4, 0.5) is 0 Å². The number of ether oxygens (including phenoxy) is 3. The zero-order chi connectivity index (χ0) is 22.1. The molecule has 2 aromatic rings. The Morgan fingerprint density at radius 2 is 1.77 bits per heavy atom. The molecule has 2 aliphatic rings. The fourth-order valence-corrected chi connectivity index (χ4v) is 4.80. The van der Waals surface area contributed by atoms with E-state index < -0.39 is 0 Å². The van der Waals surface area contributed by atoms with Gasteiger partial charge in [0.2, 0.25) is 0 Å². The summed E-state index contributed by atoms with van der Waals surface area (Å²) in [5.41, 5.74) is 4.96. The van der Waals surface area contributed by atoms with Crippen molar-refractivity contribution in [1.82, 2.24) is 4.98 Å². The molecule has 1 aliphatic carbocycles. The largest absolute Gasteiger partial charge is 0.489 e. The molecule has 1 aliphatic heterocycles. The van der Waals surface area contributed by atoms with Gasteiger partial charge in [0.15, 0.2) is 6.29 Å². The first-order chi connectivity index (χ1) is 14.8. The van der Waals surface area contributed by atoms with E-state index in [0.717, 1.165) is 42.9 Å². The van der Waals surface area contributed by atoms with Crippen molar-refractivity contribution in [3.8, 4) is 17.0 Å². The molecule has 4 nitrogen and oxygen atoms in total. The first-order valence-electron chi connectivity index (χ1n) is 11.4. The summed E-state index contributed by atoms with van der Waals surface area (Å²) >= 11 is 6.27. The minimum atomic E-state index is -0.105. The van der Waals surface area contributed by atoms with Gasteiger partial charge in [-0.25, -0.2) is 4.98 Å². The van der Waals surface area contributed by atoms with Crippen LogP contribution >= 0.6 is 11.6 Å². The van der Waals surface area contributed by atoms with Gasteiger partial charge < -0.3 is 14.2 Å². The van der Waals surface area contributed by atoms with E-state index in [1.807, 2.05) is 6.07 Å². The lowest BCUT2D eigenvalue weighted by atomic mass is 9.63. The number of nitrogens with zero attached hydrogens (tertiary/aromatic N) is 1. The van der Waals surface area contributed by atoms with Crippen LogP contribution < -0.4 is 4.74 Å². The van der Waals surface area contributed by atoms with Gasteiger partial charge in [0, 0.05) is 12.2 Å². The Labute approximate surface area is 191 Å². The lowest BCUT2D eigenvalue weighted by molar-refractivity contribution is -0.165. The number of hydrogen-bond donors (Lipinski definition) is 0. The van der Waals surface area contributed by atoms with Crippen molar-refractivity contribution in [2.75, 3.05) is 19.8 Å². The van der Waals surface area contributed by atoms with E-state index in [1.54, 1.807) is 6.07 Å². The van der Waals surface area contributed by atoms with E-state index in [2.05, 4.69) is 50.9 Å². The smallest absolute Gasteiger partial charge is 0.157 e. The molecule has 5 heteroatoms. The molecule has 2 heterocycles. The standard InChI is InChI=1S/C26H34ClNO3/c1-25(2)12-13-26(3,4)20-17-18(8-9-19(20)25)24-21(10-11-22(27)28-24)29-15-16-31-23-7-5-6-14-30-23/h8-11,17,23H,5-7,12-16H2,1-4H3. The first kappa shape index (κ1) is 22.6. The van der Waals surface area contributed by atoms with Gasteiger partial charge in [-0.15, -0.1) is 0 Å². The summed E-state index contributed by atoms with van der Waals surface area (Å²) in [7, 11) is 0. The molecule has 4 rings (SSSR count). The van der Waals surface area contributed by atoms with Gasteiger partial charge >= 0.3 is 0 Å². The highest BCUT2D eigenvalue weighted by Gasteiger charge is 2.37. The molecular formula is C26H34ClNO3. The van der Waals surface area contributed by atoms with E-state index >= 15 is 0 Å². The number of benzene rings is 1. The molecule has 0 amide bonds. The van der Waals surface area contributed by atoms with Gasteiger partial charge in [0.1, 0.15) is 23.2 Å². The molecule has 168 valence electrons. The van der Waals surface area contributed by atoms with Crippen LogP contribution in [-0.4, -0.2) is 31.1 Å². The third-order valence-electron chi connectivity index (χ3n) is 6.73. The quantitative estimate of drug-likeness (QED) is 0.369. The van der Waals surface area contributed by atoms with Crippen LogP contribution in [0, 0.1) is 0 Å². The Balaban J connectivity index is 1.55. The Morgan fingerprint density at radius 1 is 1.00 bits per heavy atom. The van der Waals surface area contributed by atoms with Gasteiger partial charge in [-0.3, -0.25) is 0 Å². The van der Waals surface area contributed by atoms with Crippen molar-refractivity contribution in [3.05, 3.63) is 46.6 Å². The van der Waals surface area contributed by atoms with E-state index in [1.165, 1.54) is 24.0 Å². The number of aromatic nitrogens is 1. The molecule has 0 bridgehead atoms.